The number of nitriles is 1. The van der Waals surface area contributed by atoms with E-state index >= 15 is 0 Å². The van der Waals surface area contributed by atoms with Gasteiger partial charge >= 0.3 is 0 Å². The fourth-order valence-electron chi connectivity index (χ4n) is 1.80. The fraction of sp³-hybridized carbons (Fsp3) is 0.125. The van der Waals surface area contributed by atoms with Crippen LogP contribution in [-0.2, 0) is 4.79 Å². The number of aryl methyl sites for hydroxylation is 1. The van der Waals surface area contributed by atoms with Crippen molar-refractivity contribution >= 4 is 40.5 Å². The molecule has 0 radical (unpaired) electrons. The number of amides is 1. The highest BCUT2D eigenvalue weighted by atomic mass is 35.5. The maximum atomic E-state index is 12.0. The number of nitrogens with one attached hydrogen (secondary N) is 2. The molecule has 0 aromatic heterocycles. The molecule has 0 unspecified atom stereocenters. The summed E-state index contributed by atoms with van der Waals surface area (Å²) in [7, 11) is 0. The van der Waals surface area contributed by atoms with Gasteiger partial charge in [-0.25, -0.2) is 0 Å². The highest BCUT2D eigenvalue weighted by molar-refractivity contribution is 6.31. The van der Waals surface area contributed by atoms with Gasteiger partial charge in [0.1, 0.15) is 6.07 Å². The topological polar surface area (TPSA) is 64.9 Å². The summed E-state index contributed by atoms with van der Waals surface area (Å²) in [5.41, 5.74) is 2.46. The quantitative estimate of drug-likeness (QED) is 0.880. The van der Waals surface area contributed by atoms with Crippen LogP contribution in [0.3, 0.4) is 0 Å². The van der Waals surface area contributed by atoms with Gasteiger partial charge in [0.2, 0.25) is 5.91 Å². The van der Waals surface area contributed by atoms with E-state index in [1.54, 1.807) is 24.3 Å². The van der Waals surface area contributed by atoms with Crippen molar-refractivity contribution in [3.63, 3.8) is 0 Å². The molecule has 0 aliphatic carbocycles. The average Bonchev–Trinajstić information content (AvgIpc) is 2.49. The Morgan fingerprint density at radius 1 is 1.23 bits per heavy atom. The molecule has 0 spiro atoms. The SMILES string of the molecule is Cc1ccc(NCC(=O)Nc2cc(Cl)ccc2C#N)cc1Cl. The van der Waals surface area contributed by atoms with Crippen LogP contribution in [0.25, 0.3) is 0 Å². The molecule has 2 N–H and O–H groups in total. The largest absolute Gasteiger partial charge is 0.376 e. The van der Waals surface area contributed by atoms with Crippen molar-refractivity contribution in [3.05, 3.63) is 57.6 Å². The zero-order valence-electron chi connectivity index (χ0n) is 11.8. The molecule has 6 heteroatoms. The van der Waals surface area contributed by atoms with Crippen LogP contribution >= 0.6 is 23.2 Å². The van der Waals surface area contributed by atoms with Gasteiger partial charge in [0.25, 0.3) is 0 Å². The molecule has 2 aromatic rings. The molecule has 0 aliphatic heterocycles. The molecule has 0 atom stereocenters. The summed E-state index contributed by atoms with van der Waals surface area (Å²) in [6, 6.07) is 12.2. The molecular weight excluding hydrogens is 321 g/mol. The Bertz CT molecular complexity index is 754. The summed E-state index contributed by atoms with van der Waals surface area (Å²) in [6.45, 7) is 1.96. The lowest BCUT2D eigenvalue weighted by Crippen LogP contribution is -2.22. The summed E-state index contributed by atoms with van der Waals surface area (Å²) in [5.74, 6) is -0.282. The van der Waals surface area contributed by atoms with Crippen molar-refractivity contribution in [3.8, 4) is 6.07 Å². The second-order valence-electron chi connectivity index (χ2n) is 4.67. The van der Waals surface area contributed by atoms with Gasteiger partial charge in [-0.05, 0) is 42.8 Å². The van der Waals surface area contributed by atoms with Crippen LogP contribution in [0.4, 0.5) is 11.4 Å². The van der Waals surface area contributed by atoms with Gasteiger partial charge in [-0.15, -0.1) is 0 Å². The maximum absolute atomic E-state index is 12.0. The van der Waals surface area contributed by atoms with Crippen molar-refractivity contribution in [2.24, 2.45) is 0 Å². The number of nitrogens with zero attached hydrogens (tertiary/aromatic N) is 1. The van der Waals surface area contributed by atoms with E-state index in [1.807, 2.05) is 25.1 Å². The first-order valence-corrected chi connectivity index (χ1v) is 7.24. The van der Waals surface area contributed by atoms with Crippen LogP contribution in [0, 0.1) is 18.3 Å². The Kier molecular flexibility index (Phi) is 5.26. The van der Waals surface area contributed by atoms with Crippen LogP contribution in [0.15, 0.2) is 36.4 Å². The third-order valence-corrected chi connectivity index (χ3v) is 3.64. The summed E-state index contributed by atoms with van der Waals surface area (Å²) < 4.78 is 0. The molecule has 4 nitrogen and oxygen atoms in total. The summed E-state index contributed by atoms with van der Waals surface area (Å²) >= 11 is 11.9. The first-order chi connectivity index (χ1) is 10.5. The molecule has 0 aliphatic rings. The lowest BCUT2D eigenvalue weighted by atomic mass is 10.2. The van der Waals surface area contributed by atoms with Gasteiger partial charge in [0.15, 0.2) is 0 Å². The molecule has 0 heterocycles. The van der Waals surface area contributed by atoms with E-state index in [9.17, 15) is 4.79 Å². The number of carbonyl (C=O) groups is 1. The summed E-state index contributed by atoms with van der Waals surface area (Å²) in [4.78, 5) is 12.0. The highest BCUT2D eigenvalue weighted by Crippen LogP contribution is 2.21. The third kappa shape index (κ3) is 4.14. The normalized spacial score (nSPS) is 9.91. The van der Waals surface area contributed by atoms with Crippen LogP contribution in [0.2, 0.25) is 10.0 Å². The van der Waals surface area contributed by atoms with Gasteiger partial charge in [0.05, 0.1) is 17.8 Å². The van der Waals surface area contributed by atoms with E-state index in [4.69, 9.17) is 28.5 Å². The summed E-state index contributed by atoms with van der Waals surface area (Å²) in [5, 5.41) is 15.7. The van der Waals surface area contributed by atoms with Crippen molar-refractivity contribution in [2.75, 3.05) is 17.2 Å². The van der Waals surface area contributed by atoms with Crippen LogP contribution in [-0.4, -0.2) is 12.5 Å². The monoisotopic (exact) mass is 333 g/mol. The van der Waals surface area contributed by atoms with E-state index in [0.717, 1.165) is 11.3 Å². The van der Waals surface area contributed by atoms with Crippen molar-refractivity contribution in [1.29, 1.82) is 5.26 Å². The number of rotatable bonds is 4. The van der Waals surface area contributed by atoms with Gasteiger partial charge in [0, 0.05) is 15.7 Å². The number of halogens is 2. The lowest BCUT2D eigenvalue weighted by molar-refractivity contribution is -0.114. The van der Waals surface area contributed by atoms with Crippen LogP contribution < -0.4 is 10.6 Å². The Morgan fingerprint density at radius 3 is 2.68 bits per heavy atom. The van der Waals surface area contributed by atoms with Gasteiger partial charge < -0.3 is 10.6 Å². The minimum Gasteiger partial charge on any atom is -0.376 e. The van der Waals surface area contributed by atoms with Gasteiger partial charge in [-0.1, -0.05) is 29.3 Å². The molecule has 0 saturated carbocycles. The standard InChI is InChI=1S/C16H13Cl2N3O/c1-10-2-5-13(7-14(10)18)20-9-16(22)21-15-6-12(17)4-3-11(15)8-19/h2-7,20H,9H2,1H3,(H,21,22). The Morgan fingerprint density at radius 2 is 2.00 bits per heavy atom. The van der Waals surface area contributed by atoms with E-state index in [0.29, 0.717) is 21.3 Å². The molecule has 0 bridgehead atoms. The molecule has 112 valence electrons. The number of carbonyl (C=O) groups excluding carboxylic acids is 1. The molecular formula is C16H13Cl2N3O. The second-order valence-corrected chi connectivity index (χ2v) is 5.51. The third-order valence-electron chi connectivity index (χ3n) is 3.00. The molecule has 0 fully saturated rings. The van der Waals surface area contributed by atoms with E-state index in [-0.39, 0.29) is 12.5 Å². The maximum Gasteiger partial charge on any atom is 0.243 e. The fourth-order valence-corrected chi connectivity index (χ4v) is 2.15. The second kappa shape index (κ2) is 7.17. The van der Waals surface area contributed by atoms with Crippen LogP contribution in [0.1, 0.15) is 11.1 Å². The predicted molar refractivity (Wildman–Crippen MR) is 89.5 cm³/mol. The zero-order chi connectivity index (χ0) is 16.1. The number of hydrogen-bond acceptors (Lipinski definition) is 3. The van der Waals surface area contributed by atoms with Crippen molar-refractivity contribution in [2.45, 2.75) is 6.92 Å². The molecule has 2 rings (SSSR count). The van der Waals surface area contributed by atoms with Crippen molar-refractivity contribution < 1.29 is 4.79 Å². The Hall–Kier alpha value is -2.22. The molecule has 22 heavy (non-hydrogen) atoms. The van der Waals surface area contributed by atoms with Crippen molar-refractivity contribution in [1.82, 2.24) is 0 Å². The summed E-state index contributed by atoms with van der Waals surface area (Å²) in [6.07, 6.45) is 0. The zero-order valence-corrected chi connectivity index (χ0v) is 13.3. The first kappa shape index (κ1) is 16.2. The molecule has 1 amide bonds. The Balaban J connectivity index is 2.00. The Labute approximate surface area is 138 Å². The van der Waals surface area contributed by atoms with E-state index in [1.165, 1.54) is 0 Å². The number of benzene rings is 2. The lowest BCUT2D eigenvalue weighted by Gasteiger charge is -2.10. The first-order valence-electron chi connectivity index (χ1n) is 6.49. The molecule has 0 saturated heterocycles. The van der Waals surface area contributed by atoms with Crippen LogP contribution in [0.5, 0.6) is 0 Å². The number of hydrogen-bond donors (Lipinski definition) is 2. The predicted octanol–water partition coefficient (Wildman–Crippen LogP) is 4.22. The molecule has 2 aromatic carbocycles. The smallest absolute Gasteiger partial charge is 0.243 e. The minimum absolute atomic E-state index is 0.0524. The highest BCUT2D eigenvalue weighted by Gasteiger charge is 2.08. The van der Waals surface area contributed by atoms with E-state index in [2.05, 4.69) is 10.6 Å². The van der Waals surface area contributed by atoms with Gasteiger partial charge in [-0.2, -0.15) is 5.26 Å². The number of anilines is 2. The van der Waals surface area contributed by atoms with Gasteiger partial charge in [-0.3, -0.25) is 4.79 Å². The average molecular weight is 334 g/mol. The minimum atomic E-state index is -0.282. The van der Waals surface area contributed by atoms with E-state index < -0.39 is 0 Å².